The van der Waals surface area contributed by atoms with Gasteiger partial charge in [0.05, 0.1) is 35.8 Å². The minimum Gasteiger partial charge on any atom is -0.494 e. The number of carbonyl (C=O) groups excluding carboxylic acids is 3. The van der Waals surface area contributed by atoms with Gasteiger partial charge in [-0.2, -0.15) is 0 Å². The zero-order chi connectivity index (χ0) is 31.0. The van der Waals surface area contributed by atoms with Gasteiger partial charge in [0.2, 0.25) is 17.7 Å². The number of nitrogens with zero attached hydrogens (tertiary/aromatic N) is 1. The molecule has 8 nitrogen and oxygen atoms in total. The average molecular weight is 634 g/mol. The van der Waals surface area contributed by atoms with Gasteiger partial charge in [-0.05, 0) is 79.8 Å². The van der Waals surface area contributed by atoms with Crippen LogP contribution in [0.25, 0.3) is 0 Å². The predicted molar refractivity (Wildman–Crippen MR) is 173 cm³/mol. The Kier molecular flexibility index (Phi) is 8.64. The van der Waals surface area contributed by atoms with E-state index in [0.29, 0.717) is 41.6 Å². The lowest BCUT2D eigenvalue weighted by molar-refractivity contribution is -0.141. The first-order valence-electron chi connectivity index (χ1n) is 15.0. The van der Waals surface area contributed by atoms with Gasteiger partial charge in [0, 0.05) is 21.6 Å². The van der Waals surface area contributed by atoms with Crippen molar-refractivity contribution < 1.29 is 24.2 Å². The second kappa shape index (κ2) is 12.5. The molecule has 3 saturated heterocycles. The zero-order valence-corrected chi connectivity index (χ0v) is 26.2. The van der Waals surface area contributed by atoms with E-state index in [0.717, 1.165) is 5.56 Å². The molecule has 44 heavy (non-hydrogen) atoms. The van der Waals surface area contributed by atoms with Gasteiger partial charge in [-0.1, -0.05) is 48.9 Å². The summed E-state index contributed by atoms with van der Waals surface area (Å²) in [5.41, 5.74) is 2.12. The molecule has 3 aromatic rings. The maximum absolute atomic E-state index is 14.6. The minimum atomic E-state index is -0.884. The number of aliphatic hydroxyl groups is 1. The summed E-state index contributed by atoms with van der Waals surface area (Å²) >= 11 is 7.68. The number of anilines is 2. The third-order valence-electron chi connectivity index (χ3n) is 9.20. The summed E-state index contributed by atoms with van der Waals surface area (Å²) in [6, 6.07) is 22.1. The highest BCUT2D eigenvalue weighted by molar-refractivity contribution is 8.02. The highest BCUT2D eigenvalue weighted by Gasteiger charge is 2.76. The summed E-state index contributed by atoms with van der Waals surface area (Å²) in [6.45, 7) is 4.20. The quantitative estimate of drug-likeness (QED) is 0.281. The van der Waals surface area contributed by atoms with E-state index in [-0.39, 0.29) is 35.5 Å². The summed E-state index contributed by atoms with van der Waals surface area (Å²) in [5.74, 6) is -1.47. The van der Waals surface area contributed by atoms with Gasteiger partial charge < -0.3 is 25.4 Å². The molecule has 0 aromatic heterocycles. The van der Waals surface area contributed by atoms with Crippen LogP contribution in [-0.4, -0.2) is 63.0 Å². The highest BCUT2D eigenvalue weighted by Crippen LogP contribution is 2.69. The molecule has 3 heterocycles. The van der Waals surface area contributed by atoms with Crippen molar-refractivity contribution in [3.8, 4) is 5.75 Å². The number of benzene rings is 3. The first-order valence-corrected chi connectivity index (χ1v) is 16.3. The number of fused-ring (bicyclic) bond motifs is 1. The number of hydrogen-bond donors (Lipinski definition) is 3. The number of likely N-dealkylation sites (tertiary alicyclic amines) is 1. The fraction of sp³-hybridized carbons (Fsp3) is 0.382. The van der Waals surface area contributed by atoms with Crippen LogP contribution in [0.15, 0.2) is 78.9 Å². The van der Waals surface area contributed by atoms with E-state index in [1.54, 1.807) is 65.2 Å². The van der Waals surface area contributed by atoms with Gasteiger partial charge in [0.15, 0.2) is 0 Å². The third-order valence-corrected chi connectivity index (χ3v) is 11.5. The standard InChI is InChI=1S/C34H36ClN3O5S/c1-3-43-26-15-13-24(14-16-26)36-31(40)28-27-17-20(2)34(44-27)29(28)33(42)38(25(19-39)18-21-7-5-4-6-8-21)30(34)32(41)37-23-11-9-22(35)10-12-23/h4-16,20,25,27-30,39H,3,17-19H2,1-2H3,(H,36,40)(H,37,41)/t20?,25-,27+,28-,29+,30?,34?/m1/s1. The molecular formula is C34H36ClN3O5S. The van der Waals surface area contributed by atoms with Crippen LogP contribution in [0, 0.1) is 17.8 Å². The lowest BCUT2D eigenvalue weighted by atomic mass is 9.66. The molecule has 3 aromatic carbocycles. The number of aliphatic hydroxyl groups excluding tert-OH is 1. The van der Waals surface area contributed by atoms with Crippen LogP contribution < -0.4 is 15.4 Å². The summed E-state index contributed by atoms with van der Waals surface area (Å²) in [4.78, 5) is 44.5. The highest BCUT2D eigenvalue weighted by atomic mass is 35.5. The van der Waals surface area contributed by atoms with Gasteiger partial charge >= 0.3 is 0 Å². The third kappa shape index (κ3) is 5.35. The first-order chi connectivity index (χ1) is 21.3. The van der Waals surface area contributed by atoms with Gasteiger partial charge in [-0.3, -0.25) is 14.4 Å². The Labute approximate surface area is 266 Å². The van der Waals surface area contributed by atoms with E-state index < -0.39 is 28.7 Å². The summed E-state index contributed by atoms with van der Waals surface area (Å²) in [5, 5.41) is 17.1. The molecule has 0 aliphatic carbocycles. The van der Waals surface area contributed by atoms with Crippen molar-refractivity contribution in [1.29, 1.82) is 0 Å². The molecule has 3 aliphatic rings. The van der Waals surface area contributed by atoms with Crippen molar-refractivity contribution in [2.24, 2.45) is 17.8 Å². The lowest BCUT2D eigenvalue weighted by Crippen LogP contribution is -2.57. The zero-order valence-electron chi connectivity index (χ0n) is 24.6. The Morgan fingerprint density at radius 2 is 1.66 bits per heavy atom. The molecule has 3 amide bonds. The molecule has 6 rings (SSSR count). The number of thioether (sulfide) groups is 1. The molecule has 3 fully saturated rings. The monoisotopic (exact) mass is 633 g/mol. The van der Waals surface area contributed by atoms with E-state index in [1.165, 1.54) is 0 Å². The van der Waals surface area contributed by atoms with Crippen LogP contribution >= 0.6 is 23.4 Å². The number of ether oxygens (including phenoxy) is 1. The van der Waals surface area contributed by atoms with E-state index in [2.05, 4.69) is 17.6 Å². The fourth-order valence-corrected chi connectivity index (χ4v) is 9.89. The first kappa shape index (κ1) is 30.5. The summed E-state index contributed by atoms with van der Waals surface area (Å²) < 4.78 is 4.70. The summed E-state index contributed by atoms with van der Waals surface area (Å²) in [7, 11) is 0. The van der Waals surface area contributed by atoms with Gasteiger partial charge in [0.25, 0.3) is 0 Å². The second-order valence-corrected chi connectivity index (χ2v) is 13.8. The Balaban J connectivity index is 1.36. The van der Waals surface area contributed by atoms with E-state index in [1.807, 2.05) is 37.3 Å². The Morgan fingerprint density at radius 3 is 2.30 bits per heavy atom. The Bertz CT molecular complexity index is 1520. The fourth-order valence-electron chi connectivity index (χ4n) is 7.36. The molecule has 3 unspecified atom stereocenters. The molecule has 10 heteroatoms. The molecule has 7 atom stereocenters. The van der Waals surface area contributed by atoms with Crippen molar-refractivity contribution in [2.45, 2.75) is 48.8 Å². The molecule has 1 spiro atoms. The predicted octanol–water partition coefficient (Wildman–Crippen LogP) is 5.26. The minimum absolute atomic E-state index is 0.0111. The van der Waals surface area contributed by atoms with E-state index in [4.69, 9.17) is 16.3 Å². The lowest BCUT2D eigenvalue weighted by Gasteiger charge is -2.40. The van der Waals surface area contributed by atoms with Crippen molar-refractivity contribution in [3.05, 3.63) is 89.4 Å². The van der Waals surface area contributed by atoms with Crippen LogP contribution in [0.5, 0.6) is 5.75 Å². The van der Waals surface area contributed by atoms with Gasteiger partial charge in [-0.25, -0.2) is 0 Å². The van der Waals surface area contributed by atoms with Crippen molar-refractivity contribution in [1.82, 2.24) is 4.90 Å². The maximum Gasteiger partial charge on any atom is 0.248 e. The smallest absolute Gasteiger partial charge is 0.248 e. The van der Waals surface area contributed by atoms with Crippen molar-refractivity contribution >= 4 is 52.5 Å². The Hall–Kier alpha value is -3.53. The maximum atomic E-state index is 14.6. The molecule has 3 aliphatic heterocycles. The largest absolute Gasteiger partial charge is 0.494 e. The number of nitrogens with one attached hydrogen (secondary N) is 2. The van der Waals surface area contributed by atoms with E-state index >= 15 is 0 Å². The van der Waals surface area contributed by atoms with Crippen molar-refractivity contribution in [2.75, 3.05) is 23.8 Å². The second-order valence-electron chi connectivity index (χ2n) is 11.8. The number of carbonyl (C=O) groups is 3. The van der Waals surface area contributed by atoms with Crippen LogP contribution in [0.1, 0.15) is 25.8 Å². The van der Waals surface area contributed by atoms with Crippen LogP contribution in [-0.2, 0) is 20.8 Å². The van der Waals surface area contributed by atoms with E-state index in [9.17, 15) is 19.5 Å². The van der Waals surface area contributed by atoms with Crippen LogP contribution in [0.2, 0.25) is 5.02 Å². The molecule has 3 N–H and O–H groups in total. The molecule has 0 radical (unpaired) electrons. The van der Waals surface area contributed by atoms with Crippen LogP contribution in [0.4, 0.5) is 11.4 Å². The average Bonchev–Trinajstić information content (AvgIpc) is 3.62. The number of amides is 3. The van der Waals surface area contributed by atoms with Gasteiger partial charge in [-0.15, -0.1) is 11.8 Å². The number of hydrogen-bond acceptors (Lipinski definition) is 6. The number of rotatable bonds is 10. The topological polar surface area (TPSA) is 108 Å². The molecule has 230 valence electrons. The molecule has 2 bridgehead atoms. The molecular weight excluding hydrogens is 598 g/mol. The summed E-state index contributed by atoms with van der Waals surface area (Å²) in [6.07, 6.45) is 1.08. The Morgan fingerprint density at radius 1 is 1.02 bits per heavy atom. The SMILES string of the molecule is CCOc1ccc(NC(=O)[C@@H]2[C@@H]3CC(C)C4(S3)C(C(=O)Nc3ccc(Cl)cc3)N([C@@H](CO)Cc3ccccc3)C(=O)[C@H]24)cc1. The van der Waals surface area contributed by atoms with Crippen LogP contribution in [0.3, 0.4) is 0 Å². The normalized spacial score (nSPS) is 27.6. The van der Waals surface area contributed by atoms with Crippen molar-refractivity contribution in [3.63, 3.8) is 0 Å². The molecule has 0 saturated carbocycles. The number of halogens is 1. The van der Waals surface area contributed by atoms with Gasteiger partial charge in [0.1, 0.15) is 11.8 Å².